The van der Waals surface area contributed by atoms with Gasteiger partial charge in [0.25, 0.3) is 0 Å². The molecule has 0 fully saturated rings. The fraction of sp³-hybridized carbons (Fsp3) is 0.111. The minimum absolute atomic E-state index is 0.650. The summed E-state index contributed by atoms with van der Waals surface area (Å²) in [6.45, 7) is 0. The first kappa shape index (κ1) is 8.26. The summed E-state index contributed by atoms with van der Waals surface area (Å²) < 4.78 is 4.62. The average Bonchev–Trinajstić information content (AvgIpc) is 2.57. The van der Waals surface area contributed by atoms with E-state index in [2.05, 4.69) is 14.7 Å². The molecule has 1 aromatic heterocycles. The van der Waals surface area contributed by atoms with E-state index in [4.69, 9.17) is 11.6 Å². The lowest BCUT2D eigenvalue weighted by molar-refractivity contribution is 0.411. The molecular formula is C9H7ClN2O. The molecule has 13 heavy (non-hydrogen) atoms. The van der Waals surface area contributed by atoms with Gasteiger partial charge in [0.15, 0.2) is 5.82 Å². The van der Waals surface area contributed by atoms with E-state index >= 15 is 0 Å². The van der Waals surface area contributed by atoms with Crippen LogP contribution in [-0.2, 0) is 6.42 Å². The van der Waals surface area contributed by atoms with Crippen molar-refractivity contribution in [3.63, 3.8) is 0 Å². The minimum Gasteiger partial charge on any atom is -0.343 e. The van der Waals surface area contributed by atoms with Crippen LogP contribution in [0.25, 0.3) is 0 Å². The molecule has 0 bridgehead atoms. The van der Waals surface area contributed by atoms with Gasteiger partial charge in [0.2, 0.25) is 6.39 Å². The van der Waals surface area contributed by atoms with Gasteiger partial charge in [-0.15, -0.1) is 0 Å². The average molecular weight is 195 g/mol. The Morgan fingerprint density at radius 1 is 1.38 bits per heavy atom. The van der Waals surface area contributed by atoms with Gasteiger partial charge in [-0.3, -0.25) is 0 Å². The third kappa shape index (κ3) is 2.06. The smallest absolute Gasteiger partial charge is 0.213 e. The highest BCUT2D eigenvalue weighted by molar-refractivity contribution is 6.30. The summed E-state index contributed by atoms with van der Waals surface area (Å²) >= 11 is 5.82. The SMILES string of the molecule is Clc1cccc(Cc2ncon2)c1. The molecule has 66 valence electrons. The van der Waals surface area contributed by atoms with Gasteiger partial charge in [0.1, 0.15) is 0 Å². The summed E-state index contributed by atoms with van der Waals surface area (Å²) in [6.07, 6.45) is 1.97. The van der Waals surface area contributed by atoms with Gasteiger partial charge in [-0.25, -0.2) is 0 Å². The number of aromatic nitrogens is 2. The zero-order valence-corrected chi connectivity index (χ0v) is 7.53. The van der Waals surface area contributed by atoms with E-state index in [1.54, 1.807) is 0 Å². The van der Waals surface area contributed by atoms with Crippen molar-refractivity contribution >= 4 is 11.6 Å². The largest absolute Gasteiger partial charge is 0.343 e. The molecule has 0 aliphatic carbocycles. The number of rotatable bonds is 2. The van der Waals surface area contributed by atoms with Crippen LogP contribution in [0.5, 0.6) is 0 Å². The predicted molar refractivity (Wildman–Crippen MR) is 48.6 cm³/mol. The molecule has 0 saturated carbocycles. The van der Waals surface area contributed by atoms with Crippen LogP contribution in [0, 0.1) is 0 Å². The van der Waals surface area contributed by atoms with Crippen LogP contribution in [0.1, 0.15) is 11.4 Å². The molecule has 0 N–H and O–H groups in total. The summed E-state index contributed by atoms with van der Waals surface area (Å²) in [6, 6.07) is 7.60. The molecule has 2 aromatic rings. The van der Waals surface area contributed by atoms with E-state index in [0.29, 0.717) is 12.2 Å². The summed E-state index contributed by atoms with van der Waals surface area (Å²) in [5.41, 5.74) is 1.08. The van der Waals surface area contributed by atoms with Gasteiger partial charge in [-0.2, -0.15) is 4.98 Å². The Morgan fingerprint density at radius 3 is 3.00 bits per heavy atom. The van der Waals surface area contributed by atoms with Crippen LogP contribution in [0.3, 0.4) is 0 Å². The third-order valence-corrected chi connectivity index (χ3v) is 1.89. The molecule has 0 aliphatic rings. The first-order valence-corrected chi connectivity index (χ1v) is 4.22. The fourth-order valence-electron chi connectivity index (χ4n) is 1.10. The summed E-state index contributed by atoms with van der Waals surface area (Å²) in [4.78, 5) is 3.92. The molecule has 3 nitrogen and oxygen atoms in total. The second-order valence-electron chi connectivity index (χ2n) is 2.65. The van der Waals surface area contributed by atoms with Crippen molar-refractivity contribution in [2.24, 2.45) is 0 Å². The molecule has 0 aliphatic heterocycles. The Bertz CT molecular complexity index is 386. The number of halogens is 1. The molecular weight excluding hydrogens is 188 g/mol. The number of hydrogen-bond donors (Lipinski definition) is 0. The van der Waals surface area contributed by atoms with Gasteiger partial charge in [0.05, 0.1) is 0 Å². The topological polar surface area (TPSA) is 38.9 Å². The maximum absolute atomic E-state index is 5.82. The maximum atomic E-state index is 5.82. The molecule has 0 spiro atoms. The number of hydrogen-bond acceptors (Lipinski definition) is 3. The van der Waals surface area contributed by atoms with Gasteiger partial charge < -0.3 is 4.52 Å². The van der Waals surface area contributed by atoms with Crippen molar-refractivity contribution in [2.75, 3.05) is 0 Å². The molecule has 1 aromatic carbocycles. The van der Waals surface area contributed by atoms with E-state index < -0.39 is 0 Å². The third-order valence-electron chi connectivity index (χ3n) is 1.66. The quantitative estimate of drug-likeness (QED) is 0.737. The zero-order chi connectivity index (χ0) is 9.10. The number of nitrogens with zero attached hydrogens (tertiary/aromatic N) is 2. The van der Waals surface area contributed by atoms with E-state index in [1.165, 1.54) is 6.39 Å². The molecule has 0 amide bonds. The lowest BCUT2D eigenvalue weighted by Crippen LogP contribution is -1.89. The van der Waals surface area contributed by atoms with Crippen molar-refractivity contribution in [2.45, 2.75) is 6.42 Å². The van der Waals surface area contributed by atoms with Crippen molar-refractivity contribution in [1.29, 1.82) is 0 Å². The van der Waals surface area contributed by atoms with Gasteiger partial charge in [0, 0.05) is 11.4 Å². The first-order valence-electron chi connectivity index (χ1n) is 3.84. The second-order valence-corrected chi connectivity index (χ2v) is 3.09. The van der Waals surface area contributed by atoms with Gasteiger partial charge in [-0.1, -0.05) is 28.9 Å². The zero-order valence-electron chi connectivity index (χ0n) is 6.77. The highest BCUT2D eigenvalue weighted by Gasteiger charge is 2.00. The van der Waals surface area contributed by atoms with E-state index in [9.17, 15) is 0 Å². The highest BCUT2D eigenvalue weighted by Crippen LogP contribution is 2.12. The van der Waals surface area contributed by atoms with Crippen LogP contribution in [0.2, 0.25) is 5.02 Å². The summed E-state index contributed by atoms with van der Waals surface area (Å²) in [7, 11) is 0. The van der Waals surface area contributed by atoms with E-state index in [1.807, 2.05) is 24.3 Å². The van der Waals surface area contributed by atoms with Crippen LogP contribution < -0.4 is 0 Å². The second kappa shape index (κ2) is 3.58. The Labute approximate surface area is 80.3 Å². The lowest BCUT2D eigenvalue weighted by Gasteiger charge is -1.96. The molecule has 0 saturated heterocycles. The number of benzene rings is 1. The minimum atomic E-state index is 0.650. The van der Waals surface area contributed by atoms with Crippen LogP contribution in [0.15, 0.2) is 35.2 Å². The normalized spacial score (nSPS) is 10.2. The summed E-state index contributed by atoms with van der Waals surface area (Å²) in [5.74, 6) is 0.669. The Morgan fingerprint density at radius 2 is 2.31 bits per heavy atom. The van der Waals surface area contributed by atoms with E-state index in [0.717, 1.165) is 10.6 Å². The summed E-state index contributed by atoms with van der Waals surface area (Å²) in [5, 5.41) is 4.44. The van der Waals surface area contributed by atoms with Crippen molar-refractivity contribution in [1.82, 2.24) is 10.1 Å². The Balaban J connectivity index is 2.19. The van der Waals surface area contributed by atoms with Gasteiger partial charge >= 0.3 is 0 Å². The monoisotopic (exact) mass is 194 g/mol. The Hall–Kier alpha value is -1.35. The molecule has 4 heteroatoms. The predicted octanol–water partition coefficient (Wildman–Crippen LogP) is 2.31. The first-order chi connectivity index (χ1) is 6.34. The van der Waals surface area contributed by atoms with Crippen LogP contribution in [-0.4, -0.2) is 10.1 Å². The molecule has 2 rings (SSSR count). The maximum Gasteiger partial charge on any atom is 0.213 e. The molecule has 1 heterocycles. The van der Waals surface area contributed by atoms with Crippen LogP contribution >= 0.6 is 11.6 Å². The highest BCUT2D eigenvalue weighted by atomic mass is 35.5. The standard InChI is InChI=1S/C9H7ClN2O/c10-8-3-1-2-7(4-8)5-9-11-6-13-12-9/h1-4,6H,5H2. The van der Waals surface area contributed by atoms with E-state index in [-0.39, 0.29) is 0 Å². The van der Waals surface area contributed by atoms with Gasteiger partial charge in [-0.05, 0) is 17.7 Å². The Kier molecular flexibility index (Phi) is 2.27. The molecule has 0 unspecified atom stereocenters. The fourth-order valence-corrected chi connectivity index (χ4v) is 1.31. The molecule has 0 atom stereocenters. The van der Waals surface area contributed by atoms with Crippen molar-refractivity contribution in [3.8, 4) is 0 Å². The van der Waals surface area contributed by atoms with Crippen molar-refractivity contribution < 1.29 is 4.52 Å². The van der Waals surface area contributed by atoms with Crippen LogP contribution in [0.4, 0.5) is 0 Å². The molecule has 0 radical (unpaired) electrons. The van der Waals surface area contributed by atoms with Crippen molar-refractivity contribution in [3.05, 3.63) is 47.1 Å². The lowest BCUT2D eigenvalue weighted by atomic mass is 10.1.